The number of rotatable bonds is 3. The molecule has 0 aromatic heterocycles. The highest BCUT2D eigenvalue weighted by molar-refractivity contribution is 8.22. The van der Waals surface area contributed by atoms with E-state index in [0.717, 1.165) is 4.90 Å². The Labute approximate surface area is 126 Å². The van der Waals surface area contributed by atoms with Crippen molar-refractivity contribution in [3.8, 4) is 5.75 Å². The van der Waals surface area contributed by atoms with Crippen LogP contribution in [-0.4, -0.2) is 17.4 Å². The summed E-state index contributed by atoms with van der Waals surface area (Å²) in [5, 5.41) is 0. The highest BCUT2D eigenvalue weighted by Crippen LogP contribution is 2.23. The Kier molecular flexibility index (Phi) is 4.77. The number of thiocarbonyl (C=S) groups is 1. The van der Waals surface area contributed by atoms with Crippen LogP contribution in [0.5, 0.6) is 5.75 Å². The molecule has 104 valence electrons. The van der Waals surface area contributed by atoms with Gasteiger partial charge in [0.2, 0.25) is 4.38 Å². The standard InChI is InChI=1S/C13H10O4S3/c14-20(15,16)12-8-4-5-10(9-12)17-13(18)19-11-6-2-1-3-7-11/h1-9H,(H,14,15,16). The molecule has 0 atom stereocenters. The van der Waals surface area contributed by atoms with Crippen molar-refractivity contribution in [3.05, 3.63) is 54.6 Å². The molecule has 20 heavy (non-hydrogen) atoms. The summed E-state index contributed by atoms with van der Waals surface area (Å²) in [6.45, 7) is 0. The highest BCUT2D eigenvalue weighted by atomic mass is 32.2. The molecule has 0 radical (unpaired) electrons. The second-order valence-electron chi connectivity index (χ2n) is 3.72. The van der Waals surface area contributed by atoms with Gasteiger partial charge in [-0.1, -0.05) is 24.3 Å². The van der Waals surface area contributed by atoms with E-state index in [1.807, 2.05) is 30.3 Å². The fourth-order valence-electron chi connectivity index (χ4n) is 1.40. The first-order chi connectivity index (χ1) is 9.45. The van der Waals surface area contributed by atoms with Gasteiger partial charge in [-0.3, -0.25) is 4.55 Å². The van der Waals surface area contributed by atoms with E-state index in [0.29, 0.717) is 0 Å². The second kappa shape index (κ2) is 6.36. The molecule has 7 heteroatoms. The largest absolute Gasteiger partial charge is 0.439 e. The fourth-order valence-corrected chi connectivity index (χ4v) is 2.92. The lowest BCUT2D eigenvalue weighted by atomic mass is 10.3. The molecular formula is C13H10O4S3. The third-order valence-electron chi connectivity index (χ3n) is 2.25. The summed E-state index contributed by atoms with van der Waals surface area (Å²) >= 11 is 6.33. The molecule has 0 saturated carbocycles. The molecule has 0 aliphatic heterocycles. The van der Waals surface area contributed by atoms with Gasteiger partial charge >= 0.3 is 0 Å². The van der Waals surface area contributed by atoms with E-state index in [1.54, 1.807) is 6.07 Å². The third kappa shape index (κ3) is 4.31. The third-order valence-corrected chi connectivity index (χ3v) is 4.19. The SMILES string of the molecule is O=S(=O)(O)c1cccc(OC(=S)Sc2ccccc2)c1. The molecule has 0 heterocycles. The van der Waals surface area contributed by atoms with Crippen molar-refractivity contribution in [2.24, 2.45) is 0 Å². The van der Waals surface area contributed by atoms with E-state index in [4.69, 9.17) is 21.5 Å². The Morgan fingerprint density at radius 2 is 1.80 bits per heavy atom. The topological polar surface area (TPSA) is 63.6 Å². The lowest BCUT2D eigenvalue weighted by Crippen LogP contribution is -2.02. The Morgan fingerprint density at radius 1 is 1.10 bits per heavy atom. The summed E-state index contributed by atoms with van der Waals surface area (Å²) in [5.74, 6) is 0.258. The molecule has 4 nitrogen and oxygen atoms in total. The molecule has 1 N–H and O–H groups in total. The Balaban J connectivity index is 2.09. The van der Waals surface area contributed by atoms with Crippen LogP contribution in [0, 0.1) is 0 Å². The molecule has 0 bridgehead atoms. The summed E-state index contributed by atoms with van der Waals surface area (Å²) in [7, 11) is -4.25. The normalized spacial score (nSPS) is 11.1. The summed E-state index contributed by atoms with van der Waals surface area (Å²) in [6.07, 6.45) is 0. The van der Waals surface area contributed by atoms with Crippen LogP contribution >= 0.6 is 24.0 Å². The number of thioether (sulfide) groups is 1. The minimum absolute atomic E-state index is 0.234. The summed E-state index contributed by atoms with van der Waals surface area (Å²) in [6, 6.07) is 14.9. The number of benzene rings is 2. The molecule has 0 unspecified atom stereocenters. The van der Waals surface area contributed by atoms with Crippen LogP contribution in [0.3, 0.4) is 0 Å². The van der Waals surface area contributed by atoms with Crippen LogP contribution in [0.25, 0.3) is 0 Å². The predicted molar refractivity (Wildman–Crippen MR) is 81.8 cm³/mol. The zero-order valence-corrected chi connectivity index (χ0v) is 12.5. The predicted octanol–water partition coefficient (Wildman–Crippen LogP) is 3.39. The molecule has 2 rings (SSSR count). The fraction of sp³-hybridized carbons (Fsp3) is 0. The van der Waals surface area contributed by atoms with E-state index in [9.17, 15) is 8.42 Å². The maximum Gasteiger partial charge on any atom is 0.294 e. The number of hydrogen-bond acceptors (Lipinski definition) is 5. The van der Waals surface area contributed by atoms with E-state index < -0.39 is 10.1 Å². The van der Waals surface area contributed by atoms with Gasteiger partial charge in [-0.05, 0) is 48.2 Å². The van der Waals surface area contributed by atoms with E-state index >= 15 is 0 Å². The van der Waals surface area contributed by atoms with Gasteiger partial charge in [0.15, 0.2) is 0 Å². The highest BCUT2D eigenvalue weighted by Gasteiger charge is 2.11. The zero-order valence-electron chi connectivity index (χ0n) is 10.1. The van der Waals surface area contributed by atoms with Crippen molar-refractivity contribution in [1.82, 2.24) is 0 Å². The van der Waals surface area contributed by atoms with Crippen LogP contribution < -0.4 is 4.74 Å². The molecule has 0 saturated heterocycles. The van der Waals surface area contributed by atoms with Crippen LogP contribution in [0.15, 0.2) is 64.4 Å². The van der Waals surface area contributed by atoms with Crippen molar-refractivity contribution in [1.29, 1.82) is 0 Å². The van der Waals surface area contributed by atoms with Crippen molar-refractivity contribution >= 4 is 38.5 Å². The first-order valence-corrected chi connectivity index (χ1v) is 8.14. The Bertz CT molecular complexity index is 711. The van der Waals surface area contributed by atoms with Gasteiger partial charge in [-0.15, -0.1) is 0 Å². The molecule has 2 aromatic rings. The molecule has 0 aliphatic rings. The monoisotopic (exact) mass is 326 g/mol. The molecule has 0 fully saturated rings. The molecule has 0 amide bonds. The molecular weight excluding hydrogens is 316 g/mol. The summed E-state index contributed by atoms with van der Waals surface area (Å²) in [5.41, 5.74) is 0. The maximum atomic E-state index is 11.0. The molecule has 0 aliphatic carbocycles. The van der Waals surface area contributed by atoms with Gasteiger partial charge in [0.05, 0.1) is 4.90 Å². The Morgan fingerprint density at radius 3 is 2.45 bits per heavy atom. The average molecular weight is 326 g/mol. The zero-order chi connectivity index (χ0) is 14.6. The van der Waals surface area contributed by atoms with Crippen LogP contribution in [0.2, 0.25) is 0 Å². The van der Waals surface area contributed by atoms with Gasteiger partial charge < -0.3 is 4.74 Å². The van der Waals surface area contributed by atoms with Crippen LogP contribution in [0.1, 0.15) is 0 Å². The molecule has 2 aromatic carbocycles. The maximum absolute atomic E-state index is 11.0. The minimum atomic E-state index is -4.25. The lowest BCUT2D eigenvalue weighted by Gasteiger charge is -2.07. The average Bonchev–Trinajstić information content (AvgIpc) is 2.39. The van der Waals surface area contributed by atoms with Gasteiger partial charge in [0, 0.05) is 11.0 Å². The Hall–Kier alpha value is -1.41. The van der Waals surface area contributed by atoms with Gasteiger partial charge in [0.1, 0.15) is 5.75 Å². The second-order valence-corrected chi connectivity index (χ2v) is 6.81. The van der Waals surface area contributed by atoms with Gasteiger partial charge in [0.25, 0.3) is 10.1 Å². The van der Waals surface area contributed by atoms with Gasteiger partial charge in [-0.25, -0.2) is 0 Å². The lowest BCUT2D eigenvalue weighted by molar-refractivity contribution is 0.482. The minimum Gasteiger partial charge on any atom is -0.439 e. The summed E-state index contributed by atoms with van der Waals surface area (Å²) in [4.78, 5) is 0.686. The van der Waals surface area contributed by atoms with Gasteiger partial charge in [-0.2, -0.15) is 8.42 Å². The smallest absolute Gasteiger partial charge is 0.294 e. The number of hydrogen-bond donors (Lipinski definition) is 1. The van der Waals surface area contributed by atoms with E-state index in [-0.39, 0.29) is 15.0 Å². The van der Waals surface area contributed by atoms with Crippen molar-refractivity contribution in [2.45, 2.75) is 9.79 Å². The summed E-state index contributed by atoms with van der Waals surface area (Å²) < 4.78 is 36.6. The van der Waals surface area contributed by atoms with Crippen LogP contribution in [0.4, 0.5) is 0 Å². The first kappa shape index (κ1) is 15.0. The van der Waals surface area contributed by atoms with E-state index in [1.165, 1.54) is 30.0 Å². The number of ether oxygens (including phenoxy) is 1. The molecule has 0 spiro atoms. The van der Waals surface area contributed by atoms with Crippen molar-refractivity contribution in [3.63, 3.8) is 0 Å². The van der Waals surface area contributed by atoms with E-state index in [2.05, 4.69) is 0 Å². The van der Waals surface area contributed by atoms with Crippen LogP contribution in [-0.2, 0) is 10.1 Å². The van der Waals surface area contributed by atoms with Crippen molar-refractivity contribution < 1.29 is 17.7 Å². The first-order valence-electron chi connectivity index (χ1n) is 5.47. The quantitative estimate of drug-likeness (QED) is 0.530. The van der Waals surface area contributed by atoms with Crippen molar-refractivity contribution in [2.75, 3.05) is 0 Å².